The summed E-state index contributed by atoms with van der Waals surface area (Å²) in [7, 11) is 0. The molecule has 1 unspecified atom stereocenters. The summed E-state index contributed by atoms with van der Waals surface area (Å²) in [5, 5.41) is 0. The summed E-state index contributed by atoms with van der Waals surface area (Å²) in [6.45, 7) is 3.14. The van der Waals surface area contributed by atoms with Crippen LogP contribution in [-0.4, -0.2) is 53.1 Å². The van der Waals surface area contributed by atoms with E-state index in [9.17, 15) is 9.18 Å². The van der Waals surface area contributed by atoms with E-state index in [1.54, 1.807) is 4.90 Å². The van der Waals surface area contributed by atoms with Crippen molar-refractivity contribution in [1.82, 2.24) is 14.9 Å². The van der Waals surface area contributed by atoms with Gasteiger partial charge in [-0.2, -0.15) is 0 Å². The standard InChI is InChI=1S/C20H23FN4O2/c21-16-6-4-15(5-7-16)20(26)25-11-8-17(13-25)27-19-12-18(22-14-23-19)24-9-2-1-3-10-24/h4-7,12,14,17H,1-3,8-11,13H2. The number of likely N-dealkylation sites (tertiary alicyclic amines) is 1. The minimum absolute atomic E-state index is 0.0986. The van der Waals surface area contributed by atoms with E-state index in [0.717, 1.165) is 25.3 Å². The number of halogens is 1. The zero-order valence-electron chi connectivity index (χ0n) is 15.2. The van der Waals surface area contributed by atoms with E-state index >= 15 is 0 Å². The lowest BCUT2D eigenvalue weighted by molar-refractivity contribution is 0.0771. The molecule has 0 bridgehead atoms. The highest BCUT2D eigenvalue weighted by atomic mass is 19.1. The van der Waals surface area contributed by atoms with Crippen LogP contribution in [0.4, 0.5) is 10.2 Å². The molecular formula is C20H23FN4O2. The molecule has 0 saturated carbocycles. The van der Waals surface area contributed by atoms with Gasteiger partial charge in [-0.05, 0) is 43.5 Å². The third-order valence-corrected chi connectivity index (χ3v) is 5.12. The summed E-state index contributed by atoms with van der Waals surface area (Å²) in [5.74, 6) is 1.00. The second-order valence-electron chi connectivity index (χ2n) is 7.05. The Morgan fingerprint density at radius 2 is 1.85 bits per heavy atom. The monoisotopic (exact) mass is 370 g/mol. The normalized spacial score (nSPS) is 20.0. The molecule has 27 heavy (non-hydrogen) atoms. The highest BCUT2D eigenvalue weighted by molar-refractivity contribution is 5.94. The second-order valence-corrected chi connectivity index (χ2v) is 7.05. The van der Waals surface area contributed by atoms with Gasteiger partial charge in [0.1, 0.15) is 24.1 Å². The van der Waals surface area contributed by atoms with Crippen LogP contribution in [0.1, 0.15) is 36.0 Å². The average Bonchev–Trinajstić information content (AvgIpc) is 3.17. The second kappa shape index (κ2) is 7.90. The van der Waals surface area contributed by atoms with Gasteiger partial charge in [-0.25, -0.2) is 14.4 Å². The van der Waals surface area contributed by atoms with E-state index < -0.39 is 0 Å². The van der Waals surface area contributed by atoms with Gasteiger partial charge in [-0.15, -0.1) is 0 Å². The van der Waals surface area contributed by atoms with E-state index in [1.165, 1.54) is 49.9 Å². The van der Waals surface area contributed by atoms with Crippen molar-refractivity contribution in [2.75, 3.05) is 31.1 Å². The number of piperidine rings is 1. The molecule has 2 saturated heterocycles. The van der Waals surface area contributed by atoms with Crippen molar-refractivity contribution in [3.05, 3.63) is 48.0 Å². The fourth-order valence-corrected chi connectivity index (χ4v) is 3.64. The number of anilines is 1. The van der Waals surface area contributed by atoms with Crippen molar-refractivity contribution < 1.29 is 13.9 Å². The molecule has 2 aliphatic rings. The van der Waals surface area contributed by atoms with Crippen molar-refractivity contribution in [2.24, 2.45) is 0 Å². The smallest absolute Gasteiger partial charge is 0.253 e. The molecule has 0 aliphatic carbocycles. The molecule has 1 aromatic heterocycles. The van der Waals surface area contributed by atoms with Gasteiger partial charge in [0, 0.05) is 37.7 Å². The van der Waals surface area contributed by atoms with E-state index in [0.29, 0.717) is 24.5 Å². The molecule has 2 aromatic rings. The maximum atomic E-state index is 13.0. The molecule has 1 atom stereocenters. The summed E-state index contributed by atoms with van der Waals surface area (Å²) < 4.78 is 19.0. The van der Waals surface area contributed by atoms with Gasteiger partial charge in [0.25, 0.3) is 5.91 Å². The van der Waals surface area contributed by atoms with Crippen LogP contribution in [0.15, 0.2) is 36.7 Å². The highest BCUT2D eigenvalue weighted by Crippen LogP contribution is 2.23. The SMILES string of the molecule is O=C(c1ccc(F)cc1)N1CCC(Oc2cc(N3CCCCC3)ncn2)C1. The Kier molecular flexibility index (Phi) is 5.18. The van der Waals surface area contributed by atoms with Gasteiger partial charge in [-0.3, -0.25) is 4.79 Å². The molecular weight excluding hydrogens is 347 g/mol. The maximum Gasteiger partial charge on any atom is 0.253 e. The van der Waals surface area contributed by atoms with Crippen LogP contribution in [-0.2, 0) is 0 Å². The molecule has 3 heterocycles. The van der Waals surface area contributed by atoms with E-state index in [4.69, 9.17) is 4.74 Å². The largest absolute Gasteiger partial charge is 0.472 e. The number of amides is 1. The number of carbonyl (C=O) groups excluding carboxylic acids is 1. The third-order valence-electron chi connectivity index (χ3n) is 5.12. The van der Waals surface area contributed by atoms with Gasteiger partial charge in [0.15, 0.2) is 0 Å². The van der Waals surface area contributed by atoms with Gasteiger partial charge >= 0.3 is 0 Å². The van der Waals surface area contributed by atoms with Gasteiger partial charge in [0.2, 0.25) is 5.88 Å². The maximum absolute atomic E-state index is 13.0. The number of nitrogens with zero attached hydrogens (tertiary/aromatic N) is 4. The predicted octanol–water partition coefficient (Wildman–Crippen LogP) is 2.90. The molecule has 0 spiro atoms. The van der Waals surface area contributed by atoms with E-state index in [-0.39, 0.29) is 17.8 Å². The van der Waals surface area contributed by atoms with Crippen LogP contribution in [0.25, 0.3) is 0 Å². The quantitative estimate of drug-likeness (QED) is 0.828. The Morgan fingerprint density at radius 3 is 2.63 bits per heavy atom. The Bertz CT molecular complexity index is 793. The molecule has 2 fully saturated rings. The zero-order valence-corrected chi connectivity index (χ0v) is 15.2. The average molecular weight is 370 g/mol. The highest BCUT2D eigenvalue weighted by Gasteiger charge is 2.28. The first-order valence-electron chi connectivity index (χ1n) is 9.47. The Balaban J connectivity index is 1.37. The van der Waals surface area contributed by atoms with Crippen molar-refractivity contribution in [3.8, 4) is 5.88 Å². The van der Waals surface area contributed by atoms with Crippen molar-refractivity contribution >= 4 is 11.7 Å². The number of benzene rings is 1. The fourth-order valence-electron chi connectivity index (χ4n) is 3.64. The summed E-state index contributed by atoms with van der Waals surface area (Å²) in [4.78, 5) is 25.1. The van der Waals surface area contributed by atoms with Crippen LogP contribution >= 0.6 is 0 Å². The van der Waals surface area contributed by atoms with Crippen LogP contribution in [0.5, 0.6) is 5.88 Å². The van der Waals surface area contributed by atoms with Gasteiger partial charge in [-0.1, -0.05) is 0 Å². The predicted molar refractivity (Wildman–Crippen MR) is 99.4 cm³/mol. The Hall–Kier alpha value is -2.70. The number of ether oxygens (including phenoxy) is 1. The number of carbonyl (C=O) groups is 1. The third kappa shape index (κ3) is 4.18. The van der Waals surface area contributed by atoms with E-state index in [2.05, 4.69) is 14.9 Å². The van der Waals surface area contributed by atoms with E-state index in [1.807, 2.05) is 6.07 Å². The molecule has 142 valence electrons. The molecule has 4 rings (SSSR count). The molecule has 1 amide bonds. The molecule has 2 aliphatic heterocycles. The lowest BCUT2D eigenvalue weighted by atomic mass is 10.1. The lowest BCUT2D eigenvalue weighted by Gasteiger charge is -2.27. The summed E-state index contributed by atoms with van der Waals surface area (Å²) in [5.41, 5.74) is 0.492. The number of rotatable bonds is 4. The fraction of sp³-hybridized carbons (Fsp3) is 0.450. The minimum Gasteiger partial charge on any atom is -0.472 e. The van der Waals surface area contributed by atoms with Crippen molar-refractivity contribution in [2.45, 2.75) is 31.8 Å². The van der Waals surface area contributed by atoms with Crippen molar-refractivity contribution in [1.29, 1.82) is 0 Å². The number of hydrogen-bond acceptors (Lipinski definition) is 5. The lowest BCUT2D eigenvalue weighted by Crippen LogP contribution is -2.31. The van der Waals surface area contributed by atoms with Gasteiger partial charge in [0.05, 0.1) is 6.54 Å². The summed E-state index contributed by atoms with van der Waals surface area (Å²) in [6, 6.07) is 7.53. The van der Waals surface area contributed by atoms with Gasteiger partial charge < -0.3 is 14.5 Å². The molecule has 6 nitrogen and oxygen atoms in total. The molecule has 0 radical (unpaired) electrons. The number of hydrogen-bond donors (Lipinski definition) is 0. The minimum atomic E-state index is -0.345. The topological polar surface area (TPSA) is 58.6 Å². The molecule has 0 N–H and O–H groups in total. The number of aromatic nitrogens is 2. The first kappa shape index (κ1) is 17.7. The summed E-state index contributed by atoms with van der Waals surface area (Å²) >= 11 is 0. The van der Waals surface area contributed by atoms with Crippen LogP contribution in [0, 0.1) is 5.82 Å². The van der Waals surface area contributed by atoms with Crippen LogP contribution in [0.2, 0.25) is 0 Å². The first-order chi connectivity index (χ1) is 13.2. The zero-order chi connectivity index (χ0) is 18.6. The first-order valence-corrected chi connectivity index (χ1v) is 9.47. The van der Waals surface area contributed by atoms with Crippen LogP contribution in [0.3, 0.4) is 0 Å². The Labute approximate surface area is 158 Å². The summed E-state index contributed by atoms with van der Waals surface area (Å²) in [6.07, 6.45) is 5.82. The van der Waals surface area contributed by atoms with Crippen molar-refractivity contribution in [3.63, 3.8) is 0 Å². The molecule has 1 aromatic carbocycles. The Morgan fingerprint density at radius 1 is 1.07 bits per heavy atom. The molecule has 7 heteroatoms. The van der Waals surface area contributed by atoms with Crippen LogP contribution < -0.4 is 9.64 Å².